The van der Waals surface area contributed by atoms with Crippen LogP contribution in [0.1, 0.15) is 30.5 Å². The average molecular weight is 427 g/mol. The molecule has 23 heavy (non-hydrogen) atoms. The van der Waals surface area contributed by atoms with Gasteiger partial charge in [0.05, 0.1) is 6.20 Å². The molecule has 1 aromatic carbocycles. The second kappa shape index (κ2) is 9.54. The van der Waals surface area contributed by atoms with E-state index in [0.29, 0.717) is 12.5 Å². The molecule has 3 N–H and O–H groups in total. The number of nitrogens with two attached hydrogens (primary N) is 1. The summed E-state index contributed by atoms with van der Waals surface area (Å²) in [6, 6.07) is 6.35. The highest BCUT2D eigenvalue weighted by Crippen LogP contribution is 2.22. The number of hydrogen-bond acceptors (Lipinski definition) is 2. The Kier molecular flexibility index (Phi) is 8.08. The second-order valence-corrected chi connectivity index (χ2v) is 5.32. The number of hydrogen-bond donors (Lipinski definition) is 2. The SMILES string of the molecule is CCc1cccc(CC)c1NC(N)=NCCc1cnn(C)c1.I. The summed E-state index contributed by atoms with van der Waals surface area (Å²) in [6.07, 6.45) is 6.64. The zero-order valence-electron chi connectivity index (χ0n) is 14.0. The van der Waals surface area contributed by atoms with Crippen LogP contribution >= 0.6 is 24.0 Å². The van der Waals surface area contributed by atoms with E-state index < -0.39 is 0 Å². The summed E-state index contributed by atoms with van der Waals surface area (Å²) >= 11 is 0. The first kappa shape index (κ1) is 19.5. The zero-order valence-corrected chi connectivity index (χ0v) is 16.4. The van der Waals surface area contributed by atoms with Gasteiger partial charge in [-0.2, -0.15) is 5.10 Å². The summed E-state index contributed by atoms with van der Waals surface area (Å²) in [5.41, 5.74) is 10.9. The first-order valence-corrected chi connectivity index (χ1v) is 7.79. The maximum Gasteiger partial charge on any atom is 0.193 e. The molecule has 0 saturated heterocycles. The molecule has 0 fully saturated rings. The highest BCUT2D eigenvalue weighted by Gasteiger charge is 2.06. The largest absolute Gasteiger partial charge is 0.370 e. The summed E-state index contributed by atoms with van der Waals surface area (Å²) < 4.78 is 1.80. The van der Waals surface area contributed by atoms with E-state index in [4.69, 9.17) is 5.73 Å². The minimum atomic E-state index is 0. The third kappa shape index (κ3) is 5.53. The van der Waals surface area contributed by atoms with Gasteiger partial charge in [0.2, 0.25) is 0 Å². The number of halogens is 1. The molecule has 2 rings (SSSR count). The molecule has 0 saturated carbocycles. The smallest absolute Gasteiger partial charge is 0.193 e. The van der Waals surface area contributed by atoms with Gasteiger partial charge in [-0.1, -0.05) is 32.0 Å². The van der Waals surface area contributed by atoms with Crippen molar-refractivity contribution < 1.29 is 0 Å². The average Bonchev–Trinajstić information content (AvgIpc) is 2.93. The molecule has 126 valence electrons. The van der Waals surface area contributed by atoms with E-state index in [1.165, 1.54) is 16.7 Å². The lowest BCUT2D eigenvalue weighted by Crippen LogP contribution is -2.24. The topological polar surface area (TPSA) is 68.2 Å². The van der Waals surface area contributed by atoms with Crippen molar-refractivity contribution in [2.45, 2.75) is 33.1 Å². The van der Waals surface area contributed by atoms with Gasteiger partial charge in [0, 0.05) is 25.5 Å². The van der Waals surface area contributed by atoms with Crippen LogP contribution in [0.15, 0.2) is 35.6 Å². The molecular formula is C17H26IN5. The molecule has 0 aliphatic carbocycles. The second-order valence-electron chi connectivity index (χ2n) is 5.32. The highest BCUT2D eigenvalue weighted by atomic mass is 127. The predicted molar refractivity (Wildman–Crippen MR) is 108 cm³/mol. The molecule has 1 aromatic heterocycles. The van der Waals surface area contributed by atoms with Crippen LogP contribution in [0.2, 0.25) is 0 Å². The van der Waals surface area contributed by atoms with Crippen molar-refractivity contribution in [2.24, 2.45) is 17.8 Å². The number of para-hydroxylation sites is 1. The lowest BCUT2D eigenvalue weighted by molar-refractivity contribution is 0.766. The number of anilines is 1. The normalized spacial score (nSPS) is 11.2. The van der Waals surface area contributed by atoms with Gasteiger partial charge in [0.1, 0.15) is 0 Å². The Morgan fingerprint density at radius 3 is 2.43 bits per heavy atom. The van der Waals surface area contributed by atoms with Gasteiger partial charge in [-0.25, -0.2) is 0 Å². The first-order chi connectivity index (χ1) is 10.6. The third-order valence-corrected chi connectivity index (χ3v) is 3.69. The standard InChI is InChI=1S/C17H25N5.HI/c1-4-14-7-6-8-15(5-2)16(14)21-17(18)19-10-9-13-11-20-22(3)12-13;/h6-8,11-12H,4-5,9-10H2,1-3H3,(H3,18,19,21);1H. The Balaban J connectivity index is 0.00000264. The van der Waals surface area contributed by atoms with Crippen molar-refractivity contribution in [3.8, 4) is 0 Å². The van der Waals surface area contributed by atoms with Crippen molar-refractivity contribution in [2.75, 3.05) is 11.9 Å². The van der Waals surface area contributed by atoms with Gasteiger partial charge in [0.25, 0.3) is 0 Å². The highest BCUT2D eigenvalue weighted by molar-refractivity contribution is 14.0. The van der Waals surface area contributed by atoms with Gasteiger partial charge in [0.15, 0.2) is 5.96 Å². The number of aryl methyl sites for hydroxylation is 3. The fourth-order valence-corrected chi connectivity index (χ4v) is 2.48. The molecule has 0 radical (unpaired) electrons. The van der Waals surface area contributed by atoms with Crippen LogP contribution in [0.4, 0.5) is 5.69 Å². The van der Waals surface area contributed by atoms with Crippen LogP contribution in [0.25, 0.3) is 0 Å². The number of nitrogens with one attached hydrogen (secondary N) is 1. The molecule has 0 unspecified atom stereocenters. The van der Waals surface area contributed by atoms with Crippen LogP contribution in [0.3, 0.4) is 0 Å². The number of rotatable bonds is 6. The molecule has 0 atom stereocenters. The first-order valence-electron chi connectivity index (χ1n) is 7.79. The predicted octanol–water partition coefficient (Wildman–Crippen LogP) is 3.13. The van der Waals surface area contributed by atoms with Crippen molar-refractivity contribution >= 4 is 35.6 Å². The van der Waals surface area contributed by atoms with Crippen molar-refractivity contribution in [3.05, 3.63) is 47.3 Å². The number of guanidine groups is 1. The maximum atomic E-state index is 6.04. The van der Waals surface area contributed by atoms with Gasteiger partial charge < -0.3 is 11.1 Å². The minimum absolute atomic E-state index is 0. The number of nitrogens with zero attached hydrogens (tertiary/aromatic N) is 3. The van der Waals surface area contributed by atoms with Gasteiger partial charge in [-0.3, -0.25) is 9.67 Å². The number of benzene rings is 1. The molecule has 0 amide bonds. The van der Waals surface area contributed by atoms with E-state index in [1.807, 2.05) is 19.4 Å². The van der Waals surface area contributed by atoms with E-state index in [9.17, 15) is 0 Å². The quantitative estimate of drug-likeness (QED) is 0.423. The Labute approximate surface area is 155 Å². The monoisotopic (exact) mass is 427 g/mol. The fraction of sp³-hybridized carbons (Fsp3) is 0.412. The molecule has 0 bridgehead atoms. The summed E-state index contributed by atoms with van der Waals surface area (Å²) in [6.45, 7) is 4.95. The number of aromatic nitrogens is 2. The molecule has 0 spiro atoms. The Hall–Kier alpha value is -1.57. The van der Waals surface area contributed by atoms with Crippen LogP contribution in [0, 0.1) is 0 Å². The molecule has 2 aromatic rings. The van der Waals surface area contributed by atoms with Crippen molar-refractivity contribution in [1.82, 2.24) is 9.78 Å². The van der Waals surface area contributed by atoms with Gasteiger partial charge in [-0.15, -0.1) is 24.0 Å². The lowest BCUT2D eigenvalue weighted by Gasteiger charge is -2.14. The van der Waals surface area contributed by atoms with Gasteiger partial charge >= 0.3 is 0 Å². The molecule has 0 aliphatic rings. The Morgan fingerprint density at radius 1 is 1.26 bits per heavy atom. The third-order valence-electron chi connectivity index (χ3n) is 3.69. The Bertz CT molecular complexity index is 626. The lowest BCUT2D eigenvalue weighted by atomic mass is 10.0. The zero-order chi connectivity index (χ0) is 15.9. The fourth-order valence-electron chi connectivity index (χ4n) is 2.48. The van der Waals surface area contributed by atoms with Crippen LogP contribution in [0.5, 0.6) is 0 Å². The van der Waals surface area contributed by atoms with E-state index in [1.54, 1.807) is 4.68 Å². The van der Waals surface area contributed by atoms with Crippen LogP contribution in [-0.2, 0) is 26.3 Å². The van der Waals surface area contributed by atoms with E-state index in [0.717, 1.165) is 24.9 Å². The van der Waals surface area contributed by atoms with Crippen LogP contribution in [-0.4, -0.2) is 22.3 Å². The van der Waals surface area contributed by atoms with Crippen molar-refractivity contribution in [1.29, 1.82) is 0 Å². The van der Waals surface area contributed by atoms with E-state index in [2.05, 4.69) is 47.5 Å². The molecule has 1 heterocycles. The Morgan fingerprint density at radius 2 is 1.91 bits per heavy atom. The van der Waals surface area contributed by atoms with Gasteiger partial charge in [-0.05, 0) is 36.0 Å². The van der Waals surface area contributed by atoms with Crippen molar-refractivity contribution in [3.63, 3.8) is 0 Å². The molecule has 0 aliphatic heterocycles. The number of aliphatic imine (C=N–C) groups is 1. The van der Waals surface area contributed by atoms with E-state index >= 15 is 0 Å². The minimum Gasteiger partial charge on any atom is -0.370 e. The summed E-state index contributed by atoms with van der Waals surface area (Å²) in [7, 11) is 1.91. The molecule has 5 nitrogen and oxygen atoms in total. The summed E-state index contributed by atoms with van der Waals surface area (Å²) in [5, 5.41) is 7.43. The van der Waals surface area contributed by atoms with E-state index in [-0.39, 0.29) is 24.0 Å². The molecular weight excluding hydrogens is 401 g/mol. The maximum absolute atomic E-state index is 6.04. The summed E-state index contributed by atoms with van der Waals surface area (Å²) in [5.74, 6) is 0.472. The molecule has 6 heteroatoms. The van der Waals surface area contributed by atoms with Crippen LogP contribution < -0.4 is 11.1 Å². The summed E-state index contributed by atoms with van der Waals surface area (Å²) in [4.78, 5) is 4.42.